The molecule has 0 saturated carbocycles. The van der Waals surface area contributed by atoms with Gasteiger partial charge in [0.15, 0.2) is 34.9 Å². The number of hydrogen-bond acceptors (Lipinski definition) is 0. The Kier molecular flexibility index (Phi) is 9.49. The van der Waals surface area contributed by atoms with E-state index in [1.54, 1.807) is 0 Å². The highest BCUT2D eigenvalue weighted by Gasteiger charge is 2.44. The zero-order valence-corrected chi connectivity index (χ0v) is 35.7. The first-order valence-electron chi connectivity index (χ1n) is 21.2. The molecule has 2 aliphatic heterocycles. The molecule has 0 aromatic heterocycles. The summed E-state index contributed by atoms with van der Waals surface area (Å²) in [7, 11) is 0. The van der Waals surface area contributed by atoms with E-state index >= 15 is 17.6 Å². The second-order valence-corrected chi connectivity index (χ2v) is 17.5. The van der Waals surface area contributed by atoms with E-state index in [2.05, 4.69) is 60.7 Å². The van der Waals surface area contributed by atoms with Crippen LogP contribution in [0.4, 0.5) is 26.3 Å². The van der Waals surface area contributed by atoms with Gasteiger partial charge in [-0.15, -0.1) is 0 Å². The summed E-state index contributed by atoms with van der Waals surface area (Å²) in [5, 5.41) is 7.93. The average molecular weight is 917 g/mol. The van der Waals surface area contributed by atoms with E-state index in [1.165, 1.54) is 5.56 Å². The molecule has 2 heterocycles. The molecule has 0 radical (unpaired) electrons. The number of rotatable bonds is 2. The minimum Gasteiger partial charge on any atom is -1.00 e. The van der Waals surface area contributed by atoms with Crippen molar-refractivity contribution in [3.63, 3.8) is 0 Å². The number of benzene rings is 9. The molecule has 2 atom stereocenters. The summed E-state index contributed by atoms with van der Waals surface area (Å²) >= 11 is 0. The van der Waals surface area contributed by atoms with Gasteiger partial charge in [0.25, 0.3) is 0 Å². The van der Waals surface area contributed by atoms with Crippen molar-refractivity contribution in [3.8, 4) is 33.4 Å². The Hall–Kier alpha value is -6.48. The Bertz CT molecular complexity index is 3390. The van der Waals surface area contributed by atoms with Crippen LogP contribution in [-0.4, -0.2) is 11.0 Å². The van der Waals surface area contributed by atoms with Gasteiger partial charge in [0.2, 0.25) is 0 Å². The molecule has 9 aromatic carbocycles. The van der Waals surface area contributed by atoms with Gasteiger partial charge in [0, 0.05) is 39.7 Å². The molecule has 0 N–H and O–H groups in total. The summed E-state index contributed by atoms with van der Waals surface area (Å²) in [5.74, 6) is -8.27. The summed E-state index contributed by atoms with van der Waals surface area (Å²) in [6.45, 7) is 1.93. The lowest BCUT2D eigenvalue weighted by atomic mass is 9.79. The molecule has 1 spiro atoms. The summed E-state index contributed by atoms with van der Waals surface area (Å²) in [6, 6.07) is 45.0. The molecule has 0 amide bonds. The summed E-state index contributed by atoms with van der Waals surface area (Å²) in [5.41, 5.74) is 7.19. The van der Waals surface area contributed by atoms with Crippen molar-refractivity contribution in [2.24, 2.45) is 5.92 Å². The zero-order chi connectivity index (χ0) is 42.7. The molecule has 1 aliphatic carbocycles. The first kappa shape index (κ1) is 40.3. The summed E-state index contributed by atoms with van der Waals surface area (Å²) < 4.78 is 91.6. The minimum absolute atomic E-state index is 0. The highest BCUT2D eigenvalue weighted by molar-refractivity contribution is 6.12. The van der Waals surface area contributed by atoms with Gasteiger partial charge >= 0.3 is 0 Å². The fourth-order valence-electron chi connectivity index (χ4n) is 11.3. The molecule has 0 saturated heterocycles. The smallest absolute Gasteiger partial charge is 0.194 e. The van der Waals surface area contributed by atoms with Crippen LogP contribution in [0.15, 0.2) is 146 Å². The van der Waals surface area contributed by atoms with Crippen molar-refractivity contribution in [2.75, 3.05) is 6.54 Å². The van der Waals surface area contributed by atoms with Crippen LogP contribution < -0.4 is 27.4 Å². The van der Waals surface area contributed by atoms with E-state index in [-0.39, 0.29) is 39.9 Å². The lowest BCUT2D eigenvalue weighted by Crippen LogP contribution is -3.00. The quantitative estimate of drug-likeness (QED) is 0.0921. The van der Waals surface area contributed by atoms with Gasteiger partial charge in [0.05, 0.1) is 6.54 Å². The van der Waals surface area contributed by atoms with Crippen LogP contribution in [0.5, 0.6) is 0 Å². The van der Waals surface area contributed by atoms with Gasteiger partial charge in [0.1, 0.15) is 19.6 Å². The number of fused-ring (bicyclic) bond motifs is 13. The normalized spacial score (nSPS) is 16.9. The van der Waals surface area contributed by atoms with Gasteiger partial charge in [-0.3, -0.25) is 0 Å². The van der Waals surface area contributed by atoms with E-state index < -0.39 is 34.9 Å². The lowest BCUT2D eigenvalue weighted by molar-refractivity contribution is -0.967. The van der Waals surface area contributed by atoms with Gasteiger partial charge in [-0.05, 0) is 107 Å². The summed E-state index contributed by atoms with van der Waals surface area (Å²) in [6.07, 6.45) is 4.76. The fraction of sp³-hybridized carbons (Fsp3) is 0.107. The highest BCUT2D eigenvalue weighted by Crippen LogP contribution is 2.53. The topological polar surface area (TPSA) is 0 Å². The monoisotopic (exact) mass is 915 g/mol. The molecular formula is C56H36BrF6N. The number of hydrogen-bond donors (Lipinski definition) is 0. The van der Waals surface area contributed by atoms with Gasteiger partial charge in [-0.25, -0.2) is 26.3 Å². The van der Waals surface area contributed by atoms with Gasteiger partial charge in [-0.2, -0.15) is 0 Å². The largest absolute Gasteiger partial charge is 1.00 e. The second kappa shape index (κ2) is 15.1. The van der Waals surface area contributed by atoms with Crippen LogP contribution in [0, 0.1) is 40.8 Å². The molecule has 0 bridgehead atoms. The standard InChI is InChI=1S/C56H36F6N.BrH/c57-48-23-37(24-49(58)55(48)61)43-21-34-12-4-7-15-41(34)53-46(43)29-63(30-47-44(38-25-50(59)56(62)51(60)26-38)22-35-13-5-8-16-42(35)54(47)53)27-36-18-17-31-9-3-6-14-40(31)52(36)45-20-33-11-2-1-10-32(33)19-39(45)28-63;/h1-26,39,45H,27-30H2;1H/q+1;/p-1. The summed E-state index contributed by atoms with van der Waals surface area (Å²) in [4.78, 5) is 0. The van der Waals surface area contributed by atoms with Crippen LogP contribution in [-0.2, 0) is 19.6 Å². The van der Waals surface area contributed by atoms with Crippen molar-refractivity contribution in [1.82, 2.24) is 0 Å². The van der Waals surface area contributed by atoms with Crippen molar-refractivity contribution in [1.29, 1.82) is 0 Å². The average Bonchev–Trinajstić information content (AvgIpc) is 3.52. The molecule has 64 heavy (non-hydrogen) atoms. The molecule has 1 nitrogen and oxygen atoms in total. The van der Waals surface area contributed by atoms with E-state index in [9.17, 15) is 8.78 Å². The molecule has 9 aromatic rings. The molecule has 12 rings (SSSR count). The van der Waals surface area contributed by atoms with E-state index in [0.29, 0.717) is 41.8 Å². The SMILES string of the molecule is Fc1cc(-c2cc3ccccc3c3c2C[N+]2(Cc4ccc5ccccc5c4C4C=c5ccccc5=CC4C2)Cc2c(-c4cc(F)c(F)c(F)c4)cc4ccccc4c2-3)cc(F)c1F.[Br-]. The third kappa shape index (κ3) is 6.25. The lowest BCUT2D eigenvalue weighted by Gasteiger charge is -2.40. The van der Waals surface area contributed by atoms with Crippen molar-refractivity contribution in [3.05, 3.63) is 213 Å². The highest BCUT2D eigenvalue weighted by atomic mass is 79.9. The molecular weight excluding hydrogens is 881 g/mol. The molecule has 8 heteroatoms. The first-order chi connectivity index (χ1) is 30.6. The van der Waals surface area contributed by atoms with E-state index in [0.717, 1.165) is 94.8 Å². The number of halogens is 7. The van der Waals surface area contributed by atoms with Crippen LogP contribution >= 0.6 is 0 Å². The maximum absolute atomic E-state index is 15.4. The number of nitrogens with zero attached hydrogens (tertiary/aromatic N) is 1. The Morgan fingerprint density at radius 3 is 1.42 bits per heavy atom. The van der Waals surface area contributed by atoms with Crippen molar-refractivity contribution in [2.45, 2.75) is 25.6 Å². The van der Waals surface area contributed by atoms with Crippen LogP contribution in [0.1, 0.15) is 28.2 Å². The Balaban J connectivity index is 0.00000456. The van der Waals surface area contributed by atoms with Crippen molar-refractivity contribution < 1.29 is 47.8 Å². The first-order valence-corrected chi connectivity index (χ1v) is 21.2. The molecule has 0 fully saturated rings. The predicted octanol–water partition coefficient (Wildman–Crippen LogP) is 10.0. The van der Waals surface area contributed by atoms with Crippen LogP contribution in [0.25, 0.3) is 77.9 Å². The third-order valence-electron chi connectivity index (χ3n) is 13.8. The Morgan fingerprint density at radius 1 is 0.438 bits per heavy atom. The predicted molar refractivity (Wildman–Crippen MR) is 239 cm³/mol. The van der Waals surface area contributed by atoms with Gasteiger partial charge < -0.3 is 21.5 Å². The maximum atomic E-state index is 15.4. The minimum atomic E-state index is -1.54. The number of quaternary nitrogens is 1. The molecule has 314 valence electrons. The fourth-order valence-corrected chi connectivity index (χ4v) is 11.3. The van der Waals surface area contributed by atoms with E-state index in [4.69, 9.17) is 0 Å². The Labute approximate surface area is 375 Å². The van der Waals surface area contributed by atoms with Crippen LogP contribution in [0.3, 0.4) is 0 Å². The van der Waals surface area contributed by atoms with Gasteiger partial charge in [-0.1, -0.05) is 121 Å². The third-order valence-corrected chi connectivity index (χ3v) is 13.8. The van der Waals surface area contributed by atoms with E-state index in [1.807, 2.05) is 72.8 Å². The second-order valence-electron chi connectivity index (χ2n) is 17.5. The van der Waals surface area contributed by atoms with Crippen molar-refractivity contribution >= 4 is 44.5 Å². The Morgan fingerprint density at radius 2 is 0.891 bits per heavy atom. The van der Waals surface area contributed by atoms with Crippen LogP contribution in [0.2, 0.25) is 0 Å². The maximum Gasteiger partial charge on any atom is 0.194 e. The molecule has 2 unspecified atom stereocenters. The molecule has 3 aliphatic rings. The zero-order valence-electron chi connectivity index (χ0n) is 34.1.